The van der Waals surface area contributed by atoms with Crippen molar-refractivity contribution in [2.75, 3.05) is 13.2 Å². The molecule has 3 rings (SSSR count). The molecule has 2 aromatic rings. The Hall–Kier alpha value is -3.55. The molecule has 1 amide bonds. The highest BCUT2D eigenvalue weighted by molar-refractivity contribution is 5.81. The summed E-state index contributed by atoms with van der Waals surface area (Å²) in [5.74, 6) is -1.51. The number of carbonyl (C=O) groups excluding carboxylic acids is 2. The molecule has 0 aliphatic heterocycles. The molecule has 0 fully saturated rings. The maximum Gasteiger partial charge on any atom is 0.508 e. The quantitative estimate of drug-likeness (QED) is 0.672. The molecule has 1 aliphatic rings. The van der Waals surface area contributed by atoms with E-state index in [1.165, 1.54) is 0 Å². The Labute approximate surface area is 180 Å². The number of carboxylic acid groups (broad SMARTS) is 1. The molecule has 1 aliphatic carbocycles. The average molecular weight is 427 g/mol. The summed E-state index contributed by atoms with van der Waals surface area (Å²) in [6.07, 6.45) is -1.94. The third kappa shape index (κ3) is 5.53. The minimum Gasteiger partial charge on any atom is -0.480 e. The minimum absolute atomic E-state index is 0.0457. The van der Waals surface area contributed by atoms with Crippen molar-refractivity contribution >= 4 is 18.2 Å². The monoisotopic (exact) mass is 427 g/mol. The highest BCUT2D eigenvalue weighted by atomic mass is 16.7. The number of carbonyl (C=O) groups is 3. The van der Waals surface area contributed by atoms with Crippen LogP contribution in [0.2, 0.25) is 0 Å². The van der Waals surface area contributed by atoms with E-state index in [0.29, 0.717) is 0 Å². The maximum absolute atomic E-state index is 12.1. The fourth-order valence-corrected chi connectivity index (χ4v) is 3.41. The van der Waals surface area contributed by atoms with Crippen LogP contribution in [0.3, 0.4) is 0 Å². The van der Waals surface area contributed by atoms with Gasteiger partial charge in [0.05, 0.1) is 0 Å². The van der Waals surface area contributed by atoms with E-state index in [9.17, 15) is 19.5 Å². The van der Waals surface area contributed by atoms with Gasteiger partial charge in [-0.25, -0.2) is 14.4 Å². The van der Waals surface area contributed by atoms with E-state index < -0.39 is 36.5 Å². The average Bonchev–Trinajstić information content (AvgIpc) is 3.02. The minimum atomic E-state index is -1.46. The van der Waals surface area contributed by atoms with Gasteiger partial charge in [-0.3, -0.25) is 0 Å². The molecule has 8 heteroatoms. The Morgan fingerprint density at radius 3 is 2.03 bits per heavy atom. The Morgan fingerprint density at radius 2 is 1.52 bits per heavy atom. The number of amides is 1. The molecule has 164 valence electrons. The molecule has 2 aromatic carbocycles. The number of nitrogens with one attached hydrogen (secondary N) is 1. The van der Waals surface area contributed by atoms with Crippen molar-refractivity contribution in [1.82, 2.24) is 5.32 Å². The first-order chi connectivity index (χ1) is 14.7. The van der Waals surface area contributed by atoms with E-state index in [1.807, 2.05) is 48.5 Å². The lowest BCUT2D eigenvalue weighted by Crippen LogP contribution is -2.46. The first kappa shape index (κ1) is 22.1. The Kier molecular flexibility index (Phi) is 6.48. The van der Waals surface area contributed by atoms with Gasteiger partial charge in [-0.2, -0.15) is 0 Å². The van der Waals surface area contributed by atoms with Crippen molar-refractivity contribution < 1.29 is 33.7 Å². The van der Waals surface area contributed by atoms with Gasteiger partial charge >= 0.3 is 18.2 Å². The van der Waals surface area contributed by atoms with Crippen LogP contribution in [-0.2, 0) is 19.0 Å². The molecule has 0 radical (unpaired) electrons. The van der Waals surface area contributed by atoms with Crippen LogP contribution in [0.5, 0.6) is 0 Å². The normalized spacial score (nSPS) is 13.5. The second kappa shape index (κ2) is 9.07. The number of benzene rings is 2. The highest BCUT2D eigenvalue weighted by Crippen LogP contribution is 2.44. The zero-order chi connectivity index (χ0) is 22.6. The van der Waals surface area contributed by atoms with Gasteiger partial charge in [-0.05, 0) is 43.0 Å². The fourth-order valence-electron chi connectivity index (χ4n) is 3.41. The van der Waals surface area contributed by atoms with E-state index in [2.05, 4.69) is 5.32 Å². The second-order valence-electron chi connectivity index (χ2n) is 8.14. The topological polar surface area (TPSA) is 111 Å². The van der Waals surface area contributed by atoms with Gasteiger partial charge in [0.25, 0.3) is 0 Å². The summed E-state index contributed by atoms with van der Waals surface area (Å²) in [5.41, 5.74) is 3.49. The molecule has 0 heterocycles. The third-order valence-electron chi connectivity index (χ3n) is 4.69. The molecular formula is C23H25NO7. The number of alkyl carbamates (subject to hydrolysis) is 1. The SMILES string of the molecule is CC(C)(C)OC(=O)NC(COC(=O)OCC1c2ccccc2-c2ccccc21)C(=O)O. The summed E-state index contributed by atoms with van der Waals surface area (Å²) in [7, 11) is 0. The smallest absolute Gasteiger partial charge is 0.480 e. The lowest BCUT2D eigenvalue weighted by Gasteiger charge is -2.22. The van der Waals surface area contributed by atoms with Crippen LogP contribution in [0, 0.1) is 0 Å². The van der Waals surface area contributed by atoms with Crippen LogP contribution in [0.15, 0.2) is 48.5 Å². The van der Waals surface area contributed by atoms with E-state index >= 15 is 0 Å². The predicted molar refractivity (Wildman–Crippen MR) is 112 cm³/mol. The standard InChI is InChI=1S/C23H25NO7/c1-23(2,3)31-21(27)24-19(20(25)26)13-30-22(28)29-12-18-16-10-6-4-8-14(16)15-9-5-7-11-17(15)18/h4-11,18-19H,12-13H2,1-3H3,(H,24,27)(H,25,26). The Morgan fingerprint density at radius 1 is 0.968 bits per heavy atom. The van der Waals surface area contributed by atoms with Crippen molar-refractivity contribution in [2.24, 2.45) is 0 Å². The number of fused-ring (bicyclic) bond motifs is 3. The molecule has 0 bridgehead atoms. The number of aliphatic carboxylic acids is 1. The van der Waals surface area contributed by atoms with Gasteiger partial charge < -0.3 is 24.6 Å². The maximum atomic E-state index is 12.1. The summed E-state index contributed by atoms with van der Waals surface area (Å²) in [6.45, 7) is 4.40. The van der Waals surface area contributed by atoms with E-state index in [4.69, 9.17) is 14.2 Å². The molecule has 1 unspecified atom stereocenters. The second-order valence-corrected chi connectivity index (χ2v) is 8.14. The van der Waals surface area contributed by atoms with E-state index in [-0.39, 0.29) is 12.5 Å². The predicted octanol–water partition coefficient (Wildman–Crippen LogP) is 3.93. The fraction of sp³-hybridized carbons (Fsp3) is 0.348. The van der Waals surface area contributed by atoms with Gasteiger partial charge in [0.2, 0.25) is 0 Å². The van der Waals surface area contributed by atoms with Crippen LogP contribution in [0.4, 0.5) is 9.59 Å². The molecule has 1 atom stereocenters. The van der Waals surface area contributed by atoms with Gasteiger partial charge in [-0.15, -0.1) is 0 Å². The zero-order valence-corrected chi connectivity index (χ0v) is 17.6. The summed E-state index contributed by atoms with van der Waals surface area (Å²) >= 11 is 0. The molecule has 0 aromatic heterocycles. The van der Waals surface area contributed by atoms with E-state index in [0.717, 1.165) is 22.3 Å². The number of hydrogen-bond donors (Lipinski definition) is 2. The van der Waals surface area contributed by atoms with Crippen molar-refractivity contribution in [3.63, 3.8) is 0 Å². The summed E-state index contributed by atoms with van der Waals surface area (Å²) in [4.78, 5) is 35.2. The summed E-state index contributed by atoms with van der Waals surface area (Å²) in [6, 6.07) is 14.3. The van der Waals surface area contributed by atoms with Crippen LogP contribution < -0.4 is 5.32 Å². The molecule has 2 N–H and O–H groups in total. The molecule has 31 heavy (non-hydrogen) atoms. The first-order valence-corrected chi connectivity index (χ1v) is 9.86. The van der Waals surface area contributed by atoms with Crippen molar-refractivity contribution in [2.45, 2.75) is 38.3 Å². The molecular weight excluding hydrogens is 402 g/mol. The van der Waals surface area contributed by atoms with Gasteiger partial charge in [0.15, 0.2) is 6.04 Å². The summed E-state index contributed by atoms with van der Waals surface area (Å²) < 4.78 is 15.2. The number of carboxylic acids is 1. The molecule has 0 spiro atoms. The number of hydrogen-bond acceptors (Lipinski definition) is 6. The van der Waals surface area contributed by atoms with Crippen LogP contribution >= 0.6 is 0 Å². The lowest BCUT2D eigenvalue weighted by atomic mass is 9.98. The van der Waals surface area contributed by atoms with Gasteiger partial charge in [0, 0.05) is 5.92 Å². The van der Waals surface area contributed by atoms with Crippen molar-refractivity contribution in [3.8, 4) is 11.1 Å². The van der Waals surface area contributed by atoms with Gasteiger partial charge in [0.1, 0.15) is 18.8 Å². The molecule has 8 nitrogen and oxygen atoms in total. The van der Waals surface area contributed by atoms with Crippen LogP contribution in [-0.4, -0.2) is 48.2 Å². The van der Waals surface area contributed by atoms with Crippen LogP contribution in [0.25, 0.3) is 11.1 Å². The first-order valence-electron chi connectivity index (χ1n) is 9.86. The largest absolute Gasteiger partial charge is 0.508 e. The molecule has 0 saturated carbocycles. The third-order valence-corrected chi connectivity index (χ3v) is 4.69. The van der Waals surface area contributed by atoms with Crippen molar-refractivity contribution in [1.29, 1.82) is 0 Å². The molecule has 0 saturated heterocycles. The van der Waals surface area contributed by atoms with Crippen molar-refractivity contribution in [3.05, 3.63) is 59.7 Å². The zero-order valence-electron chi connectivity index (χ0n) is 17.6. The number of ether oxygens (including phenoxy) is 3. The highest BCUT2D eigenvalue weighted by Gasteiger charge is 2.30. The van der Waals surface area contributed by atoms with E-state index in [1.54, 1.807) is 20.8 Å². The Balaban J connectivity index is 1.56. The lowest BCUT2D eigenvalue weighted by molar-refractivity contribution is -0.140. The van der Waals surface area contributed by atoms with Gasteiger partial charge in [-0.1, -0.05) is 48.5 Å². The summed E-state index contributed by atoms with van der Waals surface area (Å²) in [5, 5.41) is 11.4. The Bertz CT molecular complexity index is 934. The number of rotatable bonds is 6. The van der Waals surface area contributed by atoms with Crippen LogP contribution in [0.1, 0.15) is 37.8 Å².